The smallest absolute Gasteiger partial charge is 0.259 e. The van der Waals surface area contributed by atoms with Gasteiger partial charge in [0.1, 0.15) is 5.56 Å². The first-order valence-corrected chi connectivity index (χ1v) is 6.07. The fourth-order valence-corrected chi connectivity index (χ4v) is 2.28. The minimum absolute atomic E-state index is 0.0118. The first kappa shape index (κ1) is 11.2. The van der Waals surface area contributed by atoms with Gasteiger partial charge in [0.05, 0.1) is 6.20 Å². The lowest BCUT2D eigenvalue weighted by Gasteiger charge is -2.33. The maximum absolute atomic E-state index is 12.5. The molecule has 0 unspecified atom stereocenters. The van der Waals surface area contributed by atoms with Crippen LogP contribution in [-0.4, -0.2) is 51.1 Å². The third kappa shape index (κ3) is 1.74. The van der Waals surface area contributed by atoms with Gasteiger partial charge in [0, 0.05) is 38.1 Å². The van der Waals surface area contributed by atoms with Crippen LogP contribution >= 0.6 is 0 Å². The van der Waals surface area contributed by atoms with Crippen molar-refractivity contribution < 1.29 is 4.79 Å². The summed E-state index contributed by atoms with van der Waals surface area (Å²) in [7, 11) is 0. The number of hydrogen-bond donors (Lipinski definition) is 1. The van der Waals surface area contributed by atoms with Crippen molar-refractivity contribution in [3.8, 4) is 0 Å². The maximum Gasteiger partial charge on any atom is 0.259 e. The lowest BCUT2D eigenvalue weighted by atomic mass is 10.2. The Bertz CT molecular complexity index is 579. The van der Waals surface area contributed by atoms with Crippen molar-refractivity contribution >= 4 is 11.6 Å². The lowest BCUT2D eigenvalue weighted by molar-refractivity contribution is 0.0657. The largest absolute Gasteiger partial charge is 0.333 e. The Hall–Kier alpha value is -1.95. The molecule has 0 radical (unpaired) electrons. The molecule has 0 spiro atoms. The van der Waals surface area contributed by atoms with Crippen LogP contribution in [0.2, 0.25) is 0 Å². The number of piperazine rings is 1. The van der Waals surface area contributed by atoms with Crippen molar-refractivity contribution in [3.05, 3.63) is 30.2 Å². The number of nitrogens with one attached hydrogen (secondary N) is 1. The summed E-state index contributed by atoms with van der Waals surface area (Å²) in [6, 6.07) is 1.99. The zero-order valence-corrected chi connectivity index (χ0v) is 10.2. The molecule has 0 aromatic carbocycles. The van der Waals surface area contributed by atoms with Crippen molar-refractivity contribution in [1.29, 1.82) is 0 Å². The van der Waals surface area contributed by atoms with Crippen molar-refractivity contribution in [1.82, 2.24) is 24.8 Å². The summed E-state index contributed by atoms with van der Waals surface area (Å²) in [6.45, 7) is 4.44. The molecule has 3 rings (SSSR count). The number of rotatable bonds is 1. The van der Waals surface area contributed by atoms with E-state index in [1.165, 1.54) is 0 Å². The van der Waals surface area contributed by atoms with E-state index in [-0.39, 0.29) is 11.9 Å². The zero-order valence-electron chi connectivity index (χ0n) is 10.2. The van der Waals surface area contributed by atoms with Crippen LogP contribution in [0.1, 0.15) is 17.3 Å². The van der Waals surface area contributed by atoms with Gasteiger partial charge in [-0.25, -0.2) is 9.50 Å². The molecule has 0 bridgehead atoms. The first-order valence-electron chi connectivity index (χ1n) is 6.07. The third-order valence-electron chi connectivity index (χ3n) is 3.27. The molecule has 0 aliphatic carbocycles. The van der Waals surface area contributed by atoms with E-state index in [2.05, 4.69) is 15.4 Å². The number of aromatic nitrogens is 3. The summed E-state index contributed by atoms with van der Waals surface area (Å²) in [6.07, 6.45) is 5.06. The van der Waals surface area contributed by atoms with Crippen LogP contribution in [0.4, 0.5) is 0 Å². The Kier molecular flexibility index (Phi) is 2.71. The van der Waals surface area contributed by atoms with E-state index in [0.29, 0.717) is 11.2 Å². The van der Waals surface area contributed by atoms with E-state index in [0.717, 1.165) is 19.6 Å². The average Bonchev–Trinajstić information content (AvgIpc) is 2.82. The van der Waals surface area contributed by atoms with E-state index in [4.69, 9.17) is 0 Å². The van der Waals surface area contributed by atoms with E-state index in [1.54, 1.807) is 29.2 Å². The Labute approximate surface area is 105 Å². The Morgan fingerprint density at radius 1 is 1.56 bits per heavy atom. The molecule has 2 aromatic rings. The van der Waals surface area contributed by atoms with Crippen LogP contribution in [0.5, 0.6) is 0 Å². The summed E-state index contributed by atoms with van der Waals surface area (Å²) < 4.78 is 1.63. The highest BCUT2D eigenvalue weighted by Crippen LogP contribution is 2.13. The molecule has 1 atom stereocenters. The van der Waals surface area contributed by atoms with Gasteiger partial charge in [-0.05, 0) is 13.0 Å². The second-order valence-corrected chi connectivity index (χ2v) is 4.50. The van der Waals surface area contributed by atoms with E-state index >= 15 is 0 Å². The number of nitrogens with zero attached hydrogens (tertiary/aromatic N) is 4. The minimum atomic E-state index is 0.0118. The number of carbonyl (C=O) groups is 1. The van der Waals surface area contributed by atoms with Crippen molar-refractivity contribution in [2.75, 3.05) is 19.6 Å². The molecule has 1 N–H and O–H groups in total. The second-order valence-electron chi connectivity index (χ2n) is 4.50. The molecule has 0 saturated carbocycles. The fourth-order valence-electron chi connectivity index (χ4n) is 2.28. The summed E-state index contributed by atoms with van der Waals surface area (Å²) >= 11 is 0. The molecule has 6 nitrogen and oxygen atoms in total. The number of fused-ring (bicyclic) bond motifs is 1. The minimum Gasteiger partial charge on any atom is -0.333 e. The van der Waals surface area contributed by atoms with Crippen LogP contribution in [0.3, 0.4) is 0 Å². The van der Waals surface area contributed by atoms with Gasteiger partial charge in [-0.3, -0.25) is 4.79 Å². The second kappa shape index (κ2) is 4.38. The number of amides is 1. The Balaban J connectivity index is 1.96. The quantitative estimate of drug-likeness (QED) is 0.777. The average molecular weight is 245 g/mol. The van der Waals surface area contributed by atoms with Crippen LogP contribution in [0.15, 0.2) is 24.7 Å². The molecule has 1 aliphatic heterocycles. The predicted octanol–water partition coefficient (Wildman–Crippen LogP) is 0.163. The number of carbonyl (C=O) groups excluding carboxylic acids is 1. The Morgan fingerprint density at radius 2 is 2.44 bits per heavy atom. The molecule has 1 fully saturated rings. The zero-order chi connectivity index (χ0) is 12.5. The molecule has 1 amide bonds. The molecule has 3 heterocycles. The molecule has 94 valence electrons. The molecular formula is C12H15N5O. The molecule has 2 aromatic heterocycles. The highest BCUT2D eigenvalue weighted by atomic mass is 16.2. The SMILES string of the molecule is C[C@H]1CNCCN1C(=O)c1cnn2cccnc12. The van der Waals surface area contributed by atoms with Crippen LogP contribution in [0.25, 0.3) is 5.65 Å². The first-order chi connectivity index (χ1) is 8.77. The predicted molar refractivity (Wildman–Crippen MR) is 66.4 cm³/mol. The van der Waals surface area contributed by atoms with Crippen molar-refractivity contribution in [2.45, 2.75) is 13.0 Å². The standard InChI is InChI=1S/C12H15N5O/c1-9-7-13-4-6-16(9)12(18)10-8-15-17-5-2-3-14-11(10)17/h2-3,5,8-9,13H,4,6-7H2,1H3/t9-/m0/s1. The van der Waals surface area contributed by atoms with Gasteiger partial charge >= 0.3 is 0 Å². The van der Waals surface area contributed by atoms with Crippen LogP contribution in [-0.2, 0) is 0 Å². The van der Waals surface area contributed by atoms with E-state index in [1.807, 2.05) is 11.8 Å². The van der Waals surface area contributed by atoms with E-state index in [9.17, 15) is 4.79 Å². The number of hydrogen-bond acceptors (Lipinski definition) is 4. The Morgan fingerprint density at radius 3 is 3.28 bits per heavy atom. The van der Waals surface area contributed by atoms with Crippen molar-refractivity contribution in [2.24, 2.45) is 0 Å². The van der Waals surface area contributed by atoms with Gasteiger partial charge in [-0.2, -0.15) is 5.10 Å². The van der Waals surface area contributed by atoms with Crippen molar-refractivity contribution in [3.63, 3.8) is 0 Å². The van der Waals surface area contributed by atoms with E-state index < -0.39 is 0 Å². The van der Waals surface area contributed by atoms with Gasteiger partial charge in [0.15, 0.2) is 5.65 Å². The highest BCUT2D eigenvalue weighted by Gasteiger charge is 2.26. The van der Waals surface area contributed by atoms with Crippen LogP contribution in [0, 0.1) is 0 Å². The molecule has 18 heavy (non-hydrogen) atoms. The fraction of sp³-hybridized carbons (Fsp3) is 0.417. The van der Waals surface area contributed by atoms with Gasteiger partial charge < -0.3 is 10.2 Å². The maximum atomic E-state index is 12.5. The van der Waals surface area contributed by atoms with Gasteiger partial charge in [0.2, 0.25) is 0 Å². The summed E-state index contributed by atoms with van der Waals surface area (Å²) in [5, 5.41) is 7.42. The summed E-state index contributed by atoms with van der Waals surface area (Å²) in [5.41, 5.74) is 1.19. The normalized spacial score (nSPS) is 20.3. The highest BCUT2D eigenvalue weighted by molar-refractivity contribution is 5.99. The molecule has 6 heteroatoms. The monoisotopic (exact) mass is 245 g/mol. The lowest BCUT2D eigenvalue weighted by Crippen LogP contribution is -2.52. The van der Waals surface area contributed by atoms with Gasteiger partial charge in [-0.1, -0.05) is 0 Å². The van der Waals surface area contributed by atoms with Gasteiger partial charge in [-0.15, -0.1) is 0 Å². The molecule has 1 aliphatic rings. The third-order valence-corrected chi connectivity index (χ3v) is 3.27. The summed E-state index contributed by atoms with van der Waals surface area (Å²) in [4.78, 5) is 18.6. The van der Waals surface area contributed by atoms with Gasteiger partial charge in [0.25, 0.3) is 5.91 Å². The topological polar surface area (TPSA) is 62.5 Å². The van der Waals surface area contributed by atoms with Crippen LogP contribution < -0.4 is 5.32 Å². The molecule has 1 saturated heterocycles. The molecular weight excluding hydrogens is 230 g/mol. The summed E-state index contributed by atoms with van der Waals surface area (Å²) in [5.74, 6) is 0.0118.